The highest BCUT2D eigenvalue weighted by atomic mass is 79.9. The van der Waals surface area contributed by atoms with E-state index >= 15 is 0 Å². The van der Waals surface area contributed by atoms with Gasteiger partial charge in [0, 0.05) is 13.6 Å². The van der Waals surface area contributed by atoms with Crippen molar-refractivity contribution in [1.82, 2.24) is 19.7 Å². The number of aromatic nitrogens is 4. The van der Waals surface area contributed by atoms with Crippen LogP contribution in [0.15, 0.2) is 29.1 Å². The molecule has 2 heterocycles. The Hall–Kier alpha value is -2.35. The fraction of sp³-hybridized carbons (Fsp3) is 0.389. The van der Waals surface area contributed by atoms with E-state index in [2.05, 4.69) is 42.4 Å². The van der Waals surface area contributed by atoms with Gasteiger partial charge < -0.3 is 14.8 Å². The molecule has 8 heteroatoms. The van der Waals surface area contributed by atoms with Gasteiger partial charge in [-0.2, -0.15) is 5.10 Å². The minimum Gasteiger partial charge on any atom is -0.490 e. The van der Waals surface area contributed by atoms with Crippen molar-refractivity contribution in [2.45, 2.75) is 20.3 Å². The maximum Gasteiger partial charge on any atom is 0.164 e. The molecule has 7 nitrogen and oxygen atoms in total. The number of hydrogen-bond acceptors (Lipinski definition) is 6. The van der Waals surface area contributed by atoms with E-state index in [1.807, 2.05) is 33.0 Å². The summed E-state index contributed by atoms with van der Waals surface area (Å²) in [7, 11) is 1.86. The first-order valence-corrected chi connectivity index (χ1v) is 9.38. The SMILES string of the molecule is CCOc1ccc(CCNc2ncnc3c2c(Br)nn3C)cc1OCC. The lowest BCUT2D eigenvalue weighted by molar-refractivity contribution is 0.287. The molecular formula is C18H22BrN5O2. The molecular weight excluding hydrogens is 398 g/mol. The van der Waals surface area contributed by atoms with Crippen LogP contribution in [-0.4, -0.2) is 39.5 Å². The molecule has 0 aliphatic heterocycles. The number of benzene rings is 1. The van der Waals surface area contributed by atoms with Gasteiger partial charge in [0.25, 0.3) is 0 Å². The van der Waals surface area contributed by atoms with Gasteiger partial charge in [0.2, 0.25) is 0 Å². The Kier molecular flexibility index (Phi) is 5.92. The van der Waals surface area contributed by atoms with Crippen molar-refractivity contribution < 1.29 is 9.47 Å². The van der Waals surface area contributed by atoms with E-state index in [1.165, 1.54) is 5.56 Å². The second-order valence-electron chi connectivity index (χ2n) is 5.66. The Bertz CT molecular complexity index is 897. The van der Waals surface area contributed by atoms with Crippen molar-refractivity contribution in [1.29, 1.82) is 0 Å². The Balaban J connectivity index is 1.71. The van der Waals surface area contributed by atoms with Gasteiger partial charge in [-0.15, -0.1) is 0 Å². The molecule has 1 aromatic carbocycles. The summed E-state index contributed by atoms with van der Waals surface area (Å²) < 4.78 is 13.8. The third kappa shape index (κ3) is 3.90. The molecule has 0 radical (unpaired) electrons. The first-order chi connectivity index (χ1) is 12.6. The van der Waals surface area contributed by atoms with E-state index in [9.17, 15) is 0 Å². The van der Waals surface area contributed by atoms with Crippen LogP contribution in [0, 0.1) is 0 Å². The normalized spacial score (nSPS) is 10.9. The van der Waals surface area contributed by atoms with Crippen molar-refractivity contribution in [3.63, 3.8) is 0 Å². The van der Waals surface area contributed by atoms with E-state index < -0.39 is 0 Å². The monoisotopic (exact) mass is 419 g/mol. The number of halogens is 1. The third-order valence-electron chi connectivity index (χ3n) is 3.89. The van der Waals surface area contributed by atoms with Crippen molar-refractivity contribution in [3.8, 4) is 11.5 Å². The standard InChI is InChI=1S/C18H22BrN5O2/c1-4-25-13-7-6-12(10-14(13)26-5-2)8-9-20-17-15-16(19)23-24(3)18(15)22-11-21-17/h6-7,10-11H,4-5,8-9H2,1-3H3,(H,20,21,22). The highest BCUT2D eigenvalue weighted by molar-refractivity contribution is 9.10. The van der Waals surface area contributed by atoms with Crippen LogP contribution >= 0.6 is 15.9 Å². The number of fused-ring (bicyclic) bond motifs is 1. The Morgan fingerprint density at radius 2 is 1.88 bits per heavy atom. The molecule has 2 aromatic heterocycles. The Morgan fingerprint density at radius 1 is 1.12 bits per heavy atom. The predicted molar refractivity (Wildman–Crippen MR) is 105 cm³/mol. The second kappa shape index (κ2) is 8.35. The van der Waals surface area contributed by atoms with E-state index in [0.29, 0.717) is 13.2 Å². The molecule has 0 atom stereocenters. The molecule has 0 spiro atoms. The van der Waals surface area contributed by atoms with Crippen molar-refractivity contribution >= 4 is 32.8 Å². The van der Waals surface area contributed by atoms with E-state index in [4.69, 9.17) is 9.47 Å². The molecule has 0 saturated carbocycles. The third-order valence-corrected chi connectivity index (χ3v) is 4.45. The van der Waals surface area contributed by atoms with Crippen LogP contribution in [0.3, 0.4) is 0 Å². The van der Waals surface area contributed by atoms with Crippen molar-refractivity contribution in [2.75, 3.05) is 25.1 Å². The van der Waals surface area contributed by atoms with Gasteiger partial charge in [0.05, 0.1) is 18.6 Å². The summed E-state index contributed by atoms with van der Waals surface area (Å²) in [6.45, 7) is 5.88. The summed E-state index contributed by atoms with van der Waals surface area (Å²) in [6.07, 6.45) is 2.37. The molecule has 3 rings (SSSR count). The van der Waals surface area contributed by atoms with E-state index in [0.717, 1.165) is 45.9 Å². The number of ether oxygens (including phenoxy) is 2. The van der Waals surface area contributed by atoms with E-state index in [1.54, 1.807) is 11.0 Å². The number of hydrogen-bond donors (Lipinski definition) is 1. The molecule has 0 aliphatic carbocycles. The van der Waals surface area contributed by atoms with Crippen LogP contribution in [0.2, 0.25) is 0 Å². The number of nitrogens with one attached hydrogen (secondary N) is 1. The fourth-order valence-electron chi connectivity index (χ4n) is 2.75. The maximum atomic E-state index is 5.69. The number of nitrogens with zero attached hydrogens (tertiary/aromatic N) is 4. The van der Waals surface area contributed by atoms with Crippen molar-refractivity contribution in [2.24, 2.45) is 7.05 Å². The van der Waals surface area contributed by atoms with Crippen LogP contribution in [0.4, 0.5) is 5.82 Å². The number of anilines is 1. The smallest absolute Gasteiger partial charge is 0.164 e. The van der Waals surface area contributed by atoms with Gasteiger partial charge in [-0.1, -0.05) is 6.07 Å². The predicted octanol–water partition coefficient (Wildman–Crippen LogP) is 3.58. The largest absolute Gasteiger partial charge is 0.490 e. The molecule has 0 fully saturated rings. The van der Waals surface area contributed by atoms with Crippen LogP contribution in [0.1, 0.15) is 19.4 Å². The molecule has 0 unspecified atom stereocenters. The lowest BCUT2D eigenvalue weighted by atomic mass is 10.1. The molecule has 0 saturated heterocycles. The van der Waals surface area contributed by atoms with Gasteiger partial charge in [0.1, 0.15) is 16.7 Å². The summed E-state index contributed by atoms with van der Waals surface area (Å²) in [5.41, 5.74) is 1.95. The molecule has 138 valence electrons. The average molecular weight is 420 g/mol. The first kappa shape index (κ1) is 18.4. The highest BCUT2D eigenvalue weighted by Crippen LogP contribution is 2.29. The summed E-state index contributed by atoms with van der Waals surface area (Å²) in [4.78, 5) is 8.62. The summed E-state index contributed by atoms with van der Waals surface area (Å²) >= 11 is 3.47. The fourth-order valence-corrected chi connectivity index (χ4v) is 3.35. The van der Waals surface area contributed by atoms with Gasteiger partial charge in [0.15, 0.2) is 17.1 Å². The highest BCUT2D eigenvalue weighted by Gasteiger charge is 2.13. The first-order valence-electron chi connectivity index (χ1n) is 8.59. The van der Waals surface area contributed by atoms with Gasteiger partial charge in [-0.3, -0.25) is 0 Å². The number of rotatable bonds is 8. The zero-order valence-corrected chi connectivity index (χ0v) is 16.7. The molecule has 0 bridgehead atoms. The van der Waals surface area contributed by atoms with E-state index in [-0.39, 0.29) is 0 Å². The minimum absolute atomic E-state index is 0.607. The Morgan fingerprint density at radius 3 is 2.65 bits per heavy atom. The topological polar surface area (TPSA) is 74.1 Å². The molecule has 1 N–H and O–H groups in total. The average Bonchev–Trinajstić information content (AvgIpc) is 2.92. The number of aryl methyl sites for hydroxylation is 1. The van der Waals surface area contributed by atoms with Gasteiger partial charge in [-0.05, 0) is 53.9 Å². The van der Waals surface area contributed by atoms with Crippen molar-refractivity contribution in [3.05, 3.63) is 34.7 Å². The van der Waals surface area contributed by atoms with Crippen LogP contribution in [0.5, 0.6) is 11.5 Å². The lowest BCUT2D eigenvalue weighted by Gasteiger charge is -2.13. The van der Waals surface area contributed by atoms with Crippen LogP contribution in [-0.2, 0) is 13.5 Å². The maximum absolute atomic E-state index is 5.69. The van der Waals surface area contributed by atoms with Gasteiger partial charge >= 0.3 is 0 Å². The summed E-state index contributed by atoms with van der Waals surface area (Å²) in [5.74, 6) is 2.33. The van der Waals surface area contributed by atoms with Crippen LogP contribution in [0.25, 0.3) is 11.0 Å². The molecule has 0 amide bonds. The zero-order valence-electron chi connectivity index (χ0n) is 15.1. The molecule has 26 heavy (non-hydrogen) atoms. The zero-order chi connectivity index (χ0) is 18.5. The summed E-state index contributed by atoms with van der Waals surface area (Å²) in [6, 6.07) is 6.06. The molecule has 3 aromatic rings. The second-order valence-corrected chi connectivity index (χ2v) is 6.41. The lowest BCUT2D eigenvalue weighted by Crippen LogP contribution is -2.08. The van der Waals surface area contributed by atoms with Gasteiger partial charge in [-0.25, -0.2) is 14.6 Å². The van der Waals surface area contributed by atoms with Crippen LogP contribution < -0.4 is 14.8 Å². The molecule has 0 aliphatic rings. The minimum atomic E-state index is 0.607. The Labute approximate surface area is 160 Å². The quantitative estimate of drug-likeness (QED) is 0.601. The summed E-state index contributed by atoms with van der Waals surface area (Å²) in [5, 5.41) is 8.60.